The summed E-state index contributed by atoms with van der Waals surface area (Å²) in [5.74, 6) is -1.26. The van der Waals surface area contributed by atoms with Gasteiger partial charge in [0.2, 0.25) is 15.9 Å². The van der Waals surface area contributed by atoms with Crippen molar-refractivity contribution in [1.29, 1.82) is 0 Å². The highest BCUT2D eigenvalue weighted by molar-refractivity contribution is 7.89. The normalized spacial score (nSPS) is 12.4. The molecule has 0 aliphatic carbocycles. The van der Waals surface area contributed by atoms with Gasteiger partial charge in [0.25, 0.3) is 0 Å². The molecule has 2 aromatic rings. The molecule has 6 nitrogen and oxygen atoms in total. The number of rotatable bonds is 7. The number of Topliss-reactive ketones (excluding diaryl/α,β-unsaturated/α-hetero) is 1. The van der Waals surface area contributed by atoms with E-state index < -0.39 is 27.8 Å². The second kappa shape index (κ2) is 8.20. The van der Waals surface area contributed by atoms with Crippen LogP contribution in [0.5, 0.6) is 0 Å². The summed E-state index contributed by atoms with van der Waals surface area (Å²) in [6.07, 6.45) is 0.207. The molecule has 0 bridgehead atoms. The first-order valence-electron chi connectivity index (χ1n) is 7.92. The second-order valence-corrected chi connectivity index (χ2v) is 7.38. The van der Waals surface area contributed by atoms with E-state index in [4.69, 9.17) is 0 Å². The summed E-state index contributed by atoms with van der Waals surface area (Å²) in [4.78, 5) is 23.7. The van der Waals surface area contributed by atoms with Gasteiger partial charge in [0.05, 0.1) is 4.90 Å². The molecule has 2 rings (SSSR count). The first-order valence-corrected chi connectivity index (χ1v) is 9.41. The van der Waals surface area contributed by atoms with E-state index in [1.165, 1.54) is 13.0 Å². The average molecular weight is 378 g/mol. The van der Waals surface area contributed by atoms with Crippen LogP contribution in [0.2, 0.25) is 0 Å². The molecule has 0 fully saturated rings. The van der Waals surface area contributed by atoms with Crippen molar-refractivity contribution < 1.29 is 22.4 Å². The van der Waals surface area contributed by atoms with Crippen LogP contribution in [0, 0.1) is 5.82 Å². The predicted octanol–water partition coefficient (Wildman–Crippen LogP) is 2.72. The smallest absolute Gasteiger partial charge is 0.242 e. The number of amides is 1. The Balaban J connectivity index is 2.14. The molecule has 0 aliphatic rings. The molecule has 0 radical (unpaired) electrons. The standard InChI is InChI=1S/C18H19FN2O4S/c1-3-17(21-26(24,25)16-9-7-14(19)8-10-16)18(23)20-15-6-4-5-13(11-15)12(2)22/h4-11,17,21H,3H2,1-2H3,(H,20,23). The number of halogens is 1. The average Bonchev–Trinajstić information content (AvgIpc) is 2.60. The zero-order valence-corrected chi connectivity index (χ0v) is 15.1. The summed E-state index contributed by atoms with van der Waals surface area (Å²) >= 11 is 0. The van der Waals surface area contributed by atoms with Gasteiger partial charge < -0.3 is 5.32 Å². The van der Waals surface area contributed by atoms with Crippen molar-refractivity contribution in [2.75, 3.05) is 5.32 Å². The number of sulfonamides is 1. The first-order chi connectivity index (χ1) is 12.2. The molecule has 8 heteroatoms. The molecule has 2 N–H and O–H groups in total. The first kappa shape index (κ1) is 19.7. The SMILES string of the molecule is CCC(NS(=O)(=O)c1ccc(F)cc1)C(=O)Nc1cccc(C(C)=O)c1. The molecule has 0 spiro atoms. The van der Waals surface area contributed by atoms with E-state index in [2.05, 4.69) is 10.0 Å². The zero-order chi connectivity index (χ0) is 19.3. The van der Waals surface area contributed by atoms with Crippen LogP contribution in [0.25, 0.3) is 0 Å². The lowest BCUT2D eigenvalue weighted by molar-refractivity contribution is -0.117. The Bertz CT molecular complexity index is 911. The topological polar surface area (TPSA) is 92.3 Å². The lowest BCUT2D eigenvalue weighted by Gasteiger charge is -2.17. The number of carbonyl (C=O) groups is 2. The van der Waals surface area contributed by atoms with Gasteiger partial charge in [0, 0.05) is 11.3 Å². The highest BCUT2D eigenvalue weighted by Crippen LogP contribution is 2.14. The van der Waals surface area contributed by atoms with Gasteiger partial charge in [-0.15, -0.1) is 0 Å². The van der Waals surface area contributed by atoms with E-state index in [-0.39, 0.29) is 17.1 Å². The third-order valence-corrected chi connectivity index (χ3v) is 5.17. The lowest BCUT2D eigenvalue weighted by Crippen LogP contribution is -2.43. The molecule has 2 aromatic carbocycles. The number of benzene rings is 2. The summed E-state index contributed by atoms with van der Waals surface area (Å²) in [6.45, 7) is 3.07. The minimum atomic E-state index is -3.98. The monoisotopic (exact) mass is 378 g/mol. The van der Waals surface area contributed by atoms with E-state index in [1.54, 1.807) is 25.1 Å². The molecular weight excluding hydrogens is 359 g/mol. The summed E-state index contributed by atoms with van der Waals surface area (Å²) < 4.78 is 40.0. The van der Waals surface area contributed by atoms with Crippen molar-refractivity contribution in [3.8, 4) is 0 Å². The minimum Gasteiger partial charge on any atom is -0.325 e. The van der Waals surface area contributed by atoms with Crippen LogP contribution < -0.4 is 10.0 Å². The Morgan fingerprint density at radius 2 is 1.77 bits per heavy atom. The van der Waals surface area contributed by atoms with Crippen molar-refractivity contribution >= 4 is 27.4 Å². The van der Waals surface area contributed by atoms with Crippen LogP contribution in [0.15, 0.2) is 53.4 Å². The summed E-state index contributed by atoms with van der Waals surface area (Å²) in [5.41, 5.74) is 0.824. The molecule has 1 atom stereocenters. The molecule has 0 heterocycles. The van der Waals surface area contributed by atoms with Gasteiger partial charge in [-0.1, -0.05) is 19.1 Å². The van der Waals surface area contributed by atoms with Gasteiger partial charge in [-0.3, -0.25) is 9.59 Å². The van der Waals surface area contributed by atoms with Crippen molar-refractivity contribution in [2.24, 2.45) is 0 Å². The van der Waals surface area contributed by atoms with Crippen LogP contribution >= 0.6 is 0 Å². The molecule has 1 amide bonds. The van der Waals surface area contributed by atoms with Gasteiger partial charge >= 0.3 is 0 Å². The van der Waals surface area contributed by atoms with E-state index in [9.17, 15) is 22.4 Å². The van der Waals surface area contributed by atoms with Gasteiger partial charge in [-0.2, -0.15) is 4.72 Å². The van der Waals surface area contributed by atoms with E-state index in [0.717, 1.165) is 24.3 Å². The fourth-order valence-corrected chi connectivity index (χ4v) is 3.52. The van der Waals surface area contributed by atoms with Crippen LogP contribution in [0.4, 0.5) is 10.1 Å². The fourth-order valence-electron chi connectivity index (χ4n) is 2.24. The van der Waals surface area contributed by atoms with Crippen molar-refractivity contribution in [3.63, 3.8) is 0 Å². The second-order valence-electron chi connectivity index (χ2n) is 5.66. The van der Waals surface area contributed by atoms with Gasteiger partial charge in [-0.05, 0) is 49.7 Å². The molecule has 1 unspecified atom stereocenters. The van der Waals surface area contributed by atoms with Gasteiger partial charge in [0.1, 0.15) is 11.9 Å². The van der Waals surface area contributed by atoms with Gasteiger partial charge in [-0.25, -0.2) is 12.8 Å². The number of ketones is 1. The molecular formula is C18H19FN2O4S. The maximum Gasteiger partial charge on any atom is 0.242 e. The number of hydrogen-bond acceptors (Lipinski definition) is 4. The zero-order valence-electron chi connectivity index (χ0n) is 14.3. The number of anilines is 1. The van der Waals surface area contributed by atoms with E-state index in [0.29, 0.717) is 11.3 Å². The number of nitrogens with one attached hydrogen (secondary N) is 2. The van der Waals surface area contributed by atoms with Crippen LogP contribution in [-0.2, 0) is 14.8 Å². The molecule has 0 aromatic heterocycles. The maximum absolute atomic E-state index is 13.0. The largest absolute Gasteiger partial charge is 0.325 e. The third-order valence-electron chi connectivity index (χ3n) is 3.68. The predicted molar refractivity (Wildman–Crippen MR) is 95.9 cm³/mol. The third kappa shape index (κ3) is 4.96. The highest BCUT2D eigenvalue weighted by Gasteiger charge is 2.24. The summed E-state index contributed by atoms with van der Waals surface area (Å²) in [6, 6.07) is 9.64. The van der Waals surface area contributed by atoms with Crippen molar-refractivity contribution in [3.05, 3.63) is 59.9 Å². The Hall–Kier alpha value is -2.58. The molecule has 26 heavy (non-hydrogen) atoms. The maximum atomic E-state index is 13.0. The number of carbonyl (C=O) groups excluding carboxylic acids is 2. The minimum absolute atomic E-state index is 0.135. The quantitative estimate of drug-likeness (QED) is 0.725. The molecule has 0 saturated heterocycles. The summed E-state index contributed by atoms with van der Waals surface area (Å²) in [5, 5.41) is 2.59. The summed E-state index contributed by atoms with van der Waals surface area (Å²) in [7, 11) is -3.98. The fraction of sp³-hybridized carbons (Fsp3) is 0.222. The van der Waals surface area contributed by atoms with Crippen molar-refractivity contribution in [2.45, 2.75) is 31.2 Å². The highest BCUT2D eigenvalue weighted by atomic mass is 32.2. The Labute approximate surface area is 151 Å². The Morgan fingerprint density at radius 3 is 2.35 bits per heavy atom. The molecule has 138 valence electrons. The van der Waals surface area contributed by atoms with Crippen LogP contribution in [0.1, 0.15) is 30.6 Å². The Kier molecular flexibility index (Phi) is 6.23. The van der Waals surface area contributed by atoms with Crippen LogP contribution in [-0.4, -0.2) is 26.2 Å². The van der Waals surface area contributed by atoms with Crippen LogP contribution in [0.3, 0.4) is 0 Å². The van der Waals surface area contributed by atoms with Gasteiger partial charge in [0.15, 0.2) is 5.78 Å². The lowest BCUT2D eigenvalue weighted by atomic mass is 10.1. The number of hydrogen-bond donors (Lipinski definition) is 2. The van der Waals surface area contributed by atoms with E-state index >= 15 is 0 Å². The Morgan fingerprint density at radius 1 is 1.12 bits per heavy atom. The molecule has 0 aliphatic heterocycles. The molecule has 0 saturated carbocycles. The van der Waals surface area contributed by atoms with E-state index in [1.807, 2.05) is 0 Å². The van der Waals surface area contributed by atoms with Crippen molar-refractivity contribution in [1.82, 2.24) is 4.72 Å².